The molecule has 142 valence electrons. The van der Waals surface area contributed by atoms with Gasteiger partial charge in [-0.1, -0.05) is 18.2 Å². The van der Waals surface area contributed by atoms with Crippen LogP contribution < -0.4 is 15.5 Å². The Balaban J connectivity index is 1.98. The molecule has 2 rings (SSSR count). The molecule has 0 spiro atoms. The predicted molar refractivity (Wildman–Crippen MR) is 93.4 cm³/mol. The number of benzene rings is 2. The molecule has 2 aromatic rings. The van der Waals surface area contributed by atoms with E-state index in [4.69, 9.17) is 4.74 Å². The van der Waals surface area contributed by atoms with Gasteiger partial charge < -0.3 is 10.1 Å². The molecule has 0 aliphatic carbocycles. The highest BCUT2D eigenvalue weighted by molar-refractivity contribution is 6.39. The lowest BCUT2D eigenvalue weighted by molar-refractivity contribution is -0.137. The van der Waals surface area contributed by atoms with Gasteiger partial charge in [-0.25, -0.2) is 5.43 Å². The van der Waals surface area contributed by atoms with Crippen LogP contribution in [0, 0.1) is 0 Å². The summed E-state index contributed by atoms with van der Waals surface area (Å²) in [7, 11) is 0. The molecule has 0 fully saturated rings. The Morgan fingerprint density at radius 3 is 2.56 bits per heavy atom. The average molecular weight is 379 g/mol. The molecular weight excluding hydrogens is 363 g/mol. The lowest BCUT2D eigenvalue weighted by Gasteiger charge is -2.09. The fourth-order valence-corrected chi connectivity index (χ4v) is 2.05. The number of anilines is 1. The number of halogens is 3. The summed E-state index contributed by atoms with van der Waals surface area (Å²) in [6.07, 6.45) is -3.26. The quantitative estimate of drug-likeness (QED) is 0.476. The summed E-state index contributed by atoms with van der Waals surface area (Å²) < 4.78 is 43.4. The molecule has 0 bridgehead atoms. The molecule has 2 N–H and O–H groups in total. The minimum atomic E-state index is -4.55. The topological polar surface area (TPSA) is 79.8 Å². The fraction of sp³-hybridized carbons (Fsp3) is 0.167. The molecule has 2 amide bonds. The SMILES string of the molecule is CCOc1ccccc1C=NNC(=O)C(=O)Nc1cccc(C(F)(F)F)c1. The van der Waals surface area contributed by atoms with E-state index < -0.39 is 23.6 Å². The van der Waals surface area contributed by atoms with Gasteiger partial charge in [0.05, 0.1) is 18.4 Å². The van der Waals surface area contributed by atoms with Crippen molar-refractivity contribution in [2.45, 2.75) is 13.1 Å². The van der Waals surface area contributed by atoms with Gasteiger partial charge in [0, 0.05) is 11.3 Å². The van der Waals surface area contributed by atoms with Crippen molar-refractivity contribution in [3.05, 3.63) is 59.7 Å². The first-order valence-electron chi connectivity index (χ1n) is 7.84. The highest BCUT2D eigenvalue weighted by Crippen LogP contribution is 2.30. The van der Waals surface area contributed by atoms with Gasteiger partial charge in [-0.15, -0.1) is 0 Å². The number of hydrazone groups is 1. The molecule has 0 radical (unpaired) electrons. The third-order valence-electron chi connectivity index (χ3n) is 3.24. The van der Waals surface area contributed by atoms with Gasteiger partial charge in [0.2, 0.25) is 0 Å². The minimum Gasteiger partial charge on any atom is -0.493 e. The van der Waals surface area contributed by atoms with Crippen molar-refractivity contribution < 1.29 is 27.5 Å². The van der Waals surface area contributed by atoms with Gasteiger partial charge in [0.25, 0.3) is 0 Å². The maximum atomic E-state index is 12.7. The number of hydrogen-bond donors (Lipinski definition) is 2. The molecule has 0 saturated carbocycles. The van der Waals surface area contributed by atoms with Crippen molar-refractivity contribution in [2.24, 2.45) is 5.10 Å². The van der Waals surface area contributed by atoms with E-state index in [0.29, 0.717) is 17.9 Å². The Bertz CT molecular complexity index is 851. The number of carbonyl (C=O) groups is 2. The maximum Gasteiger partial charge on any atom is 0.416 e. The van der Waals surface area contributed by atoms with Gasteiger partial charge in [-0.2, -0.15) is 18.3 Å². The van der Waals surface area contributed by atoms with E-state index in [9.17, 15) is 22.8 Å². The number of nitrogens with one attached hydrogen (secondary N) is 2. The molecular formula is C18H16F3N3O3. The Morgan fingerprint density at radius 2 is 1.85 bits per heavy atom. The van der Waals surface area contributed by atoms with Gasteiger partial charge >= 0.3 is 18.0 Å². The van der Waals surface area contributed by atoms with Gasteiger partial charge in [0.15, 0.2) is 0 Å². The molecule has 0 aliphatic heterocycles. The van der Waals surface area contributed by atoms with Crippen molar-refractivity contribution in [1.82, 2.24) is 5.43 Å². The van der Waals surface area contributed by atoms with E-state index >= 15 is 0 Å². The maximum absolute atomic E-state index is 12.7. The van der Waals surface area contributed by atoms with Gasteiger partial charge in [-0.05, 0) is 37.3 Å². The molecule has 0 atom stereocenters. The number of carbonyl (C=O) groups excluding carboxylic acids is 2. The van der Waals surface area contributed by atoms with Crippen LogP contribution in [0.4, 0.5) is 18.9 Å². The zero-order valence-electron chi connectivity index (χ0n) is 14.2. The molecule has 0 aliphatic rings. The summed E-state index contributed by atoms with van der Waals surface area (Å²) >= 11 is 0. The number of alkyl halides is 3. The molecule has 0 unspecified atom stereocenters. The van der Waals surface area contributed by atoms with Crippen molar-refractivity contribution >= 4 is 23.7 Å². The zero-order chi connectivity index (χ0) is 19.9. The predicted octanol–water partition coefficient (Wildman–Crippen LogP) is 3.19. The number of rotatable bonds is 5. The first kappa shape index (κ1) is 20.0. The minimum absolute atomic E-state index is 0.157. The van der Waals surface area contributed by atoms with E-state index in [-0.39, 0.29) is 5.69 Å². The van der Waals surface area contributed by atoms with Gasteiger partial charge in [0.1, 0.15) is 5.75 Å². The Morgan fingerprint density at radius 1 is 1.11 bits per heavy atom. The van der Waals surface area contributed by atoms with Crippen molar-refractivity contribution in [3.63, 3.8) is 0 Å². The first-order chi connectivity index (χ1) is 12.8. The number of amides is 2. The first-order valence-corrected chi connectivity index (χ1v) is 7.84. The lowest BCUT2D eigenvalue weighted by atomic mass is 10.2. The third kappa shape index (κ3) is 5.84. The molecule has 2 aromatic carbocycles. The summed E-state index contributed by atoms with van der Waals surface area (Å²) in [6.45, 7) is 2.25. The largest absolute Gasteiger partial charge is 0.493 e. The van der Waals surface area contributed by atoms with Crippen LogP contribution in [-0.4, -0.2) is 24.6 Å². The molecule has 0 heterocycles. The Labute approximate surface area is 153 Å². The number of ether oxygens (including phenoxy) is 1. The number of hydrogen-bond acceptors (Lipinski definition) is 4. The number of para-hydroxylation sites is 1. The fourth-order valence-electron chi connectivity index (χ4n) is 2.05. The van der Waals surface area contributed by atoms with Crippen LogP contribution in [0.3, 0.4) is 0 Å². The molecule has 27 heavy (non-hydrogen) atoms. The van der Waals surface area contributed by atoms with E-state index in [0.717, 1.165) is 18.2 Å². The second-order valence-corrected chi connectivity index (χ2v) is 5.20. The van der Waals surface area contributed by atoms with E-state index in [1.54, 1.807) is 24.3 Å². The van der Waals surface area contributed by atoms with Crippen LogP contribution in [-0.2, 0) is 15.8 Å². The third-order valence-corrected chi connectivity index (χ3v) is 3.24. The van der Waals surface area contributed by atoms with Crippen molar-refractivity contribution in [2.75, 3.05) is 11.9 Å². The van der Waals surface area contributed by atoms with Crippen molar-refractivity contribution in [1.29, 1.82) is 0 Å². The second kappa shape index (κ2) is 8.84. The van der Waals surface area contributed by atoms with E-state index in [1.165, 1.54) is 12.3 Å². The monoisotopic (exact) mass is 379 g/mol. The summed E-state index contributed by atoms with van der Waals surface area (Å²) in [4.78, 5) is 23.5. The lowest BCUT2D eigenvalue weighted by Crippen LogP contribution is -2.32. The van der Waals surface area contributed by atoms with E-state index in [1.807, 2.05) is 12.3 Å². The standard InChI is InChI=1S/C18H16F3N3O3/c1-2-27-15-9-4-3-6-12(15)11-22-24-17(26)16(25)23-14-8-5-7-13(10-14)18(19,20)21/h3-11H,2H2,1H3,(H,23,25)(H,24,26). The van der Waals surface area contributed by atoms with Crippen LogP contribution in [0.5, 0.6) is 5.75 Å². The summed E-state index contributed by atoms with van der Waals surface area (Å²) in [5.41, 5.74) is 1.49. The molecule has 9 heteroatoms. The second-order valence-electron chi connectivity index (χ2n) is 5.20. The van der Waals surface area contributed by atoms with Crippen LogP contribution in [0.1, 0.15) is 18.1 Å². The van der Waals surface area contributed by atoms with Crippen LogP contribution >= 0.6 is 0 Å². The highest BCUT2D eigenvalue weighted by Gasteiger charge is 2.30. The smallest absolute Gasteiger partial charge is 0.416 e. The van der Waals surface area contributed by atoms with Crippen LogP contribution in [0.25, 0.3) is 0 Å². The van der Waals surface area contributed by atoms with E-state index in [2.05, 4.69) is 10.4 Å². The van der Waals surface area contributed by atoms with Crippen LogP contribution in [0.2, 0.25) is 0 Å². The Kier molecular flexibility index (Phi) is 6.53. The normalized spacial score (nSPS) is 11.3. The molecule has 0 aromatic heterocycles. The molecule has 6 nitrogen and oxygen atoms in total. The van der Waals surface area contributed by atoms with Gasteiger partial charge in [-0.3, -0.25) is 9.59 Å². The zero-order valence-corrected chi connectivity index (χ0v) is 14.2. The van der Waals surface area contributed by atoms with Crippen molar-refractivity contribution in [3.8, 4) is 5.75 Å². The average Bonchev–Trinajstić information content (AvgIpc) is 2.62. The molecule has 0 saturated heterocycles. The summed E-state index contributed by atoms with van der Waals surface area (Å²) in [5, 5.41) is 5.74. The Hall–Kier alpha value is -3.36. The number of nitrogens with zero attached hydrogens (tertiary/aromatic N) is 1. The highest BCUT2D eigenvalue weighted by atomic mass is 19.4. The summed E-state index contributed by atoms with van der Waals surface area (Å²) in [5.74, 6) is -1.73. The summed E-state index contributed by atoms with van der Waals surface area (Å²) in [6, 6.07) is 10.9. The van der Waals surface area contributed by atoms with Crippen LogP contribution in [0.15, 0.2) is 53.6 Å².